The van der Waals surface area contributed by atoms with Gasteiger partial charge in [0.1, 0.15) is 11.5 Å². The van der Waals surface area contributed by atoms with E-state index in [1.54, 1.807) is 12.1 Å². The van der Waals surface area contributed by atoms with Gasteiger partial charge in [-0.1, -0.05) is 37.3 Å². The maximum Gasteiger partial charge on any atom is 0.311 e. The maximum atomic E-state index is 11.6. The summed E-state index contributed by atoms with van der Waals surface area (Å²) in [5.74, 6) is -0.857. The fraction of sp³-hybridized carbons (Fsp3) is 0.278. The van der Waals surface area contributed by atoms with Gasteiger partial charge in [-0.05, 0) is 42.2 Å². The number of carboxylic acid groups (broad SMARTS) is 1. The molecule has 0 aliphatic carbocycles. The van der Waals surface area contributed by atoms with Crippen LogP contribution >= 0.6 is 0 Å². The van der Waals surface area contributed by atoms with Gasteiger partial charge in [-0.2, -0.15) is 0 Å². The lowest BCUT2D eigenvalue weighted by Crippen LogP contribution is -2.15. The second kappa shape index (κ2) is 7.50. The first-order chi connectivity index (χ1) is 10.6. The molecular formula is C18H20O4. The molecule has 0 saturated heterocycles. The van der Waals surface area contributed by atoms with E-state index in [0.717, 1.165) is 17.7 Å². The molecule has 22 heavy (non-hydrogen) atoms. The van der Waals surface area contributed by atoms with E-state index >= 15 is 0 Å². The predicted octanol–water partition coefficient (Wildman–Crippen LogP) is 3.59. The molecule has 0 aliphatic heterocycles. The highest BCUT2D eigenvalue weighted by atomic mass is 16.5. The molecule has 2 aromatic carbocycles. The zero-order valence-electron chi connectivity index (χ0n) is 12.5. The van der Waals surface area contributed by atoms with Gasteiger partial charge in [-0.25, -0.2) is 0 Å². The minimum absolute atomic E-state index is 0.0688. The quantitative estimate of drug-likeness (QED) is 0.820. The van der Waals surface area contributed by atoms with E-state index in [1.807, 2.05) is 31.2 Å². The van der Waals surface area contributed by atoms with E-state index < -0.39 is 11.9 Å². The molecule has 116 valence electrons. The summed E-state index contributed by atoms with van der Waals surface area (Å²) in [7, 11) is 0. The number of aliphatic carboxylic acids is 1. The molecule has 4 nitrogen and oxygen atoms in total. The van der Waals surface area contributed by atoms with Crippen molar-refractivity contribution in [2.45, 2.75) is 25.7 Å². The van der Waals surface area contributed by atoms with Crippen LogP contribution in [-0.2, 0) is 11.2 Å². The normalized spacial score (nSPS) is 11.9. The second-order valence-electron chi connectivity index (χ2n) is 5.15. The van der Waals surface area contributed by atoms with Crippen LogP contribution in [0.4, 0.5) is 0 Å². The molecule has 4 heteroatoms. The molecular weight excluding hydrogens is 280 g/mol. The zero-order valence-corrected chi connectivity index (χ0v) is 12.5. The lowest BCUT2D eigenvalue weighted by molar-refractivity contribution is -0.138. The van der Waals surface area contributed by atoms with Gasteiger partial charge in [0.25, 0.3) is 0 Å². The zero-order chi connectivity index (χ0) is 15.9. The molecule has 0 aromatic heterocycles. The van der Waals surface area contributed by atoms with Crippen LogP contribution in [0.15, 0.2) is 48.5 Å². The number of ether oxygens (including phenoxy) is 1. The monoisotopic (exact) mass is 300 g/mol. The van der Waals surface area contributed by atoms with E-state index in [1.165, 1.54) is 12.1 Å². The van der Waals surface area contributed by atoms with E-state index in [0.29, 0.717) is 18.6 Å². The molecule has 2 aromatic rings. The van der Waals surface area contributed by atoms with Crippen molar-refractivity contribution in [1.82, 2.24) is 0 Å². The molecule has 0 aliphatic rings. The van der Waals surface area contributed by atoms with Gasteiger partial charge in [0.05, 0.1) is 12.5 Å². The van der Waals surface area contributed by atoms with Gasteiger partial charge in [-0.3, -0.25) is 4.79 Å². The van der Waals surface area contributed by atoms with Crippen molar-refractivity contribution in [2.75, 3.05) is 6.61 Å². The van der Waals surface area contributed by atoms with Gasteiger partial charge < -0.3 is 14.9 Å². The number of carboxylic acids is 1. The maximum absolute atomic E-state index is 11.6. The lowest BCUT2D eigenvalue weighted by Gasteiger charge is -2.16. The topological polar surface area (TPSA) is 66.8 Å². The fourth-order valence-electron chi connectivity index (χ4n) is 2.33. The Kier molecular flexibility index (Phi) is 5.42. The minimum Gasteiger partial charge on any atom is -0.508 e. The van der Waals surface area contributed by atoms with Crippen LogP contribution in [0.25, 0.3) is 0 Å². The molecule has 2 N–H and O–H groups in total. The number of hydrogen-bond donors (Lipinski definition) is 2. The van der Waals surface area contributed by atoms with Crippen molar-refractivity contribution in [3.8, 4) is 11.5 Å². The third-order valence-electron chi connectivity index (χ3n) is 3.43. The number of rotatable bonds is 7. The van der Waals surface area contributed by atoms with Crippen molar-refractivity contribution < 1.29 is 19.7 Å². The highest BCUT2D eigenvalue weighted by molar-refractivity contribution is 5.77. The van der Waals surface area contributed by atoms with Crippen molar-refractivity contribution >= 4 is 5.97 Å². The van der Waals surface area contributed by atoms with E-state index in [-0.39, 0.29) is 5.75 Å². The van der Waals surface area contributed by atoms with Gasteiger partial charge in [0.2, 0.25) is 0 Å². The summed E-state index contributed by atoms with van der Waals surface area (Å²) in [6.07, 6.45) is 1.21. The van der Waals surface area contributed by atoms with Crippen LogP contribution in [0.2, 0.25) is 0 Å². The van der Waals surface area contributed by atoms with E-state index in [2.05, 4.69) is 0 Å². The molecule has 0 saturated carbocycles. The number of phenols is 1. The first kappa shape index (κ1) is 15.9. The molecule has 0 spiro atoms. The predicted molar refractivity (Wildman–Crippen MR) is 84.4 cm³/mol. The summed E-state index contributed by atoms with van der Waals surface area (Å²) in [6, 6.07) is 13.9. The molecule has 0 fully saturated rings. The highest BCUT2D eigenvalue weighted by Crippen LogP contribution is 2.28. The smallest absolute Gasteiger partial charge is 0.311 e. The third kappa shape index (κ3) is 4.01. The van der Waals surface area contributed by atoms with Crippen molar-refractivity contribution in [3.63, 3.8) is 0 Å². The number of hydrogen-bond acceptors (Lipinski definition) is 3. The molecule has 1 unspecified atom stereocenters. The van der Waals surface area contributed by atoms with Crippen LogP contribution in [0.1, 0.15) is 30.4 Å². The summed E-state index contributed by atoms with van der Waals surface area (Å²) in [6.45, 7) is 2.62. The largest absolute Gasteiger partial charge is 0.508 e. The summed E-state index contributed by atoms with van der Waals surface area (Å²) in [5, 5.41) is 19.1. The van der Waals surface area contributed by atoms with Gasteiger partial charge in [0.15, 0.2) is 0 Å². The van der Waals surface area contributed by atoms with Crippen LogP contribution in [0.5, 0.6) is 11.5 Å². The molecule has 1 atom stereocenters. The second-order valence-corrected chi connectivity index (χ2v) is 5.15. The van der Waals surface area contributed by atoms with Crippen molar-refractivity contribution in [2.24, 2.45) is 0 Å². The van der Waals surface area contributed by atoms with Crippen LogP contribution in [0, 0.1) is 0 Å². The van der Waals surface area contributed by atoms with Gasteiger partial charge in [-0.15, -0.1) is 0 Å². The minimum atomic E-state index is -0.920. The van der Waals surface area contributed by atoms with Gasteiger partial charge >= 0.3 is 5.97 Å². The third-order valence-corrected chi connectivity index (χ3v) is 3.43. The highest BCUT2D eigenvalue weighted by Gasteiger charge is 2.22. The number of phenolic OH excluding ortho intramolecular Hbond substituents is 1. The summed E-state index contributed by atoms with van der Waals surface area (Å²) in [4.78, 5) is 11.6. The number of para-hydroxylation sites is 1. The van der Waals surface area contributed by atoms with Crippen LogP contribution in [0.3, 0.4) is 0 Å². The molecule has 0 bridgehead atoms. The molecule has 0 radical (unpaired) electrons. The first-order valence-corrected chi connectivity index (χ1v) is 7.34. The number of benzene rings is 2. The lowest BCUT2D eigenvalue weighted by atomic mass is 9.91. The number of carbonyl (C=O) groups is 1. The first-order valence-electron chi connectivity index (χ1n) is 7.34. The summed E-state index contributed by atoms with van der Waals surface area (Å²) >= 11 is 0. The Labute approximate surface area is 130 Å². The van der Waals surface area contributed by atoms with Gasteiger partial charge in [0, 0.05) is 0 Å². The summed E-state index contributed by atoms with van der Waals surface area (Å²) in [5.41, 5.74) is 1.43. The average molecular weight is 300 g/mol. The fourth-order valence-corrected chi connectivity index (χ4v) is 2.33. The molecule has 0 amide bonds. The van der Waals surface area contributed by atoms with Crippen molar-refractivity contribution in [1.29, 1.82) is 0 Å². The Hall–Kier alpha value is -2.49. The van der Waals surface area contributed by atoms with Crippen LogP contribution in [-0.4, -0.2) is 22.8 Å². The average Bonchev–Trinajstić information content (AvgIpc) is 2.51. The molecule has 0 heterocycles. The van der Waals surface area contributed by atoms with E-state index in [9.17, 15) is 15.0 Å². The molecule has 2 rings (SSSR count). The van der Waals surface area contributed by atoms with Crippen molar-refractivity contribution in [3.05, 3.63) is 59.7 Å². The Morgan fingerprint density at radius 3 is 2.64 bits per heavy atom. The van der Waals surface area contributed by atoms with Crippen LogP contribution < -0.4 is 4.74 Å². The Morgan fingerprint density at radius 1 is 1.18 bits per heavy atom. The Balaban J connectivity index is 2.27. The number of aromatic hydroxyl groups is 1. The summed E-state index contributed by atoms with van der Waals surface area (Å²) < 4.78 is 5.68. The Morgan fingerprint density at radius 2 is 1.95 bits per heavy atom. The standard InChI is InChI=1S/C18H20O4/c1-2-10-22-17-9-4-3-6-14(17)12-16(18(20)21)13-7-5-8-15(19)11-13/h3-9,11,16,19H,2,10,12H2,1H3,(H,20,21). The Bertz CT molecular complexity index is 636. The SMILES string of the molecule is CCCOc1ccccc1CC(C(=O)O)c1cccc(O)c1. The van der Waals surface area contributed by atoms with E-state index in [4.69, 9.17) is 4.74 Å².